The molecule has 0 spiro atoms. The first kappa shape index (κ1) is 31.4. The van der Waals surface area contributed by atoms with Crippen molar-refractivity contribution in [2.24, 2.45) is 0 Å². The molecule has 0 fully saturated rings. The monoisotopic (exact) mass is 690 g/mol. The number of benzene rings is 7. The fraction of sp³-hybridized carbons (Fsp3) is 0. The van der Waals surface area contributed by atoms with E-state index in [1.807, 2.05) is 30.6 Å². The molecule has 4 heteroatoms. The van der Waals surface area contributed by atoms with E-state index in [2.05, 4.69) is 190 Å². The van der Waals surface area contributed by atoms with E-state index < -0.39 is 0 Å². The Morgan fingerprint density at radius 2 is 0.741 bits per heavy atom. The zero-order valence-corrected chi connectivity index (χ0v) is 29.4. The first-order valence-electron chi connectivity index (χ1n) is 18.3. The van der Waals surface area contributed by atoms with Gasteiger partial charge < -0.3 is 9.13 Å². The summed E-state index contributed by atoms with van der Waals surface area (Å²) in [5, 5.41) is 2.38. The van der Waals surface area contributed by atoms with Crippen LogP contribution in [-0.2, 0) is 0 Å². The summed E-state index contributed by atoms with van der Waals surface area (Å²) in [5.41, 5.74) is 15.1. The zero-order chi connectivity index (χ0) is 35.8. The molecule has 0 saturated carbocycles. The van der Waals surface area contributed by atoms with Crippen LogP contribution in [0.5, 0.6) is 0 Å². The highest BCUT2D eigenvalue weighted by molar-refractivity contribution is 6.16. The molecule has 3 aromatic heterocycles. The van der Waals surface area contributed by atoms with Crippen LogP contribution in [0.4, 0.5) is 0 Å². The van der Waals surface area contributed by atoms with Gasteiger partial charge in [0, 0.05) is 44.4 Å². The molecule has 0 aliphatic rings. The van der Waals surface area contributed by atoms with Gasteiger partial charge in [-0.25, -0.2) is 4.98 Å². The molecule has 0 saturated heterocycles. The maximum atomic E-state index is 5.08. The second-order valence-electron chi connectivity index (χ2n) is 13.4. The van der Waals surface area contributed by atoms with Crippen molar-refractivity contribution in [1.29, 1.82) is 0 Å². The van der Waals surface area contributed by atoms with Crippen LogP contribution >= 0.6 is 0 Å². The molecular formula is C50H34N4. The molecule has 3 heterocycles. The average molecular weight is 691 g/mol. The summed E-state index contributed by atoms with van der Waals surface area (Å²) >= 11 is 0. The first-order chi connectivity index (χ1) is 26.8. The number of fused-ring (bicyclic) bond motifs is 2. The Labute approximate surface area is 313 Å². The summed E-state index contributed by atoms with van der Waals surface area (Å²) in [6.07, 6.45) is 3.69. The van der Waals surface area contributed by atoms with Gasteiger partial charge in [-0.2, -0.15) is 0 Å². The van der Waals surface area contributed by atoms with Gasteiger partial charge >= 0.3 is 0 Å². The van der Waals surface area contributed by atoms with Crippen molar-refractivity contribution in [3.8, 4) is 67.5 Å². The number of rotatable bonds is 7. The third-order valence-electron chi connectivity index (χ3n) is 10.2. The smallest absolute Gasteiger partial charge is 0.0893 e. The van der Waals surface area contributed by atoms with E-state index in [0.717, 1.165) is 67.4 Å². The minimum Gasteiger partial charge on any atom is -0.309 e. The van der Waals surface area contributed by atoms with Crippen molar-refractivity contribution >= 4 is 21.8 Å². The standard InChI is InChI=1S/C50H34N4/c1-5-18-35(19-6-1)43-33-51-34-44(52-43)38-24-17-27-40(32-38)54-46-31-16-14-29-42(46)48(50(54)37-22-9-3-10-23-37)47-41-28-13-15-30-45(41)53(39-25-11-4-12-26-39)49(47)36-20-7-2-8-21-36/h1-34H. The SMILES string of the molecule is c1ccc(-c2cncc(-c3cccc(-n4c(-c5ccccc5)c(-c5c(-c6ccccc6)n(-c6ccccc6)c6ccccc56)c5ccccc54)c3)n2)cc1. The molecule has 0 N–H and O–H groups in total. The van der Waals surface area contributed by atoms with Crippen molar-refractivity contribution in [2.75, 3.05) is 0 Å². The summed E-state index contributed by atoms with van der Waals surface area (Å²) in [4.78, 5) is 9.70. The highest BCUT2D eigenvalue weighted by Gasteiger charge is 2.28. The summed E-state index contributed by atoms with van der Waals surface area (Å²) in [5.74, 6) is 0. The maximum absolute atomic E-state index is 5.08. The normalized spacial score (nSPS) is 11.3. The van der Waals surface area contributed by atoms with Gasteiger partial charge in [-0.3, -0.25) is 4.98 Å². The van der Waals surface area contributed by atoms with E-state index in [4.69, 9.17) is 4.98 Å². The minimum atomic E-state index is 0.827. The topological polar surface area (TPSA) is 35.6 Å². The van der Waals surface area contributed by atoms with Crippen molar-refractivity contribution in [3.05, 3.63) is 207 Å². The zero-order valence-electron chi connectivity index (χ0n) is 29.4. The number of aromatic nitrogens is 4. The van der Waals surface area contributed by atoms with E-state index in [9.17, 15) is 0 Å². The average Bonchev–Trinajstić information content (AvgIpc) is 3.78. The van der Waals surface area contributed by atoms with Gasteiger partial charge in [0.1, 0.15) is 0 Å². The fourth-order valence-electron chi connectivity index (χ4n) is 7.90. The van der Waals surface area contributed by atoms with E-state index in [0.29, 0.717) is 0 Å². The van der Waals surface area contributed by atoms with Crippen molar-refractivity contribution < 1.29 is 0 Å². The van der Waals surface area contributed by atoms with Gasteiger partial charge in [0.25, 0.3) is 0 Å². The molecule has 0 radical (unpaired) electrons. The third kappa shape index (κ3) is 5.32. The Kier molecular flexibility index (Phi) is 7.77. The lowest BCUT2D eigenvalue weighted by Crippen LogP contribution is -1.99. The van der Waals surface area contributed by atoms with Crippen LogP contribution < -0.4 is 0 Å². The summed E-state index contributed by atoms with van der Waals surface area (Å²) in [6.45, 7) is 0. The first-order valence-corrected chi connectivity index (χ1v) is 18.3. The maximum Gasteiger partial charge on any atom is 0.0893 e. The predicted octanol–water partition coefficient (Wildman–Crippen LogP) is 12.7. The van der Waals surface area contributed by atoms with E-state index >= 15 is 0 Å². The Bertz CT molecular complexity index is 2910. The predicted molar refractivity (Wildman–Crippen MR) is 223 cm³/mol. The Hall–Kier alpha value is -7.30. The lowest BCUT2D eigenvalue weighted by atomic mass is 9.93. The second kappa shape index (κ2) is 13.4. The number of hydrogen-bond acceptors (Lipinski definition) is 2. The summed E-state index contributed by atoms with van der Waals surface area (Å²) in [6, 6.07) is 68.9. The van der Waals surface area contributed by atoms with Crippen molar-refractivity contribution in [3.63, 3.8) is 0 Å². The molecule has 0 bridgehead atoms. The molecule has 254 valence electrons. The molecule has 54 heavy (non-hydrogen) atoms. The van der Waals surface area contributed by atoms with Crippen molar-refractivity contribution in [1.82, 2.24) is 19.1 Å². The van der Waals surface area contributed by atoms with Crippen LogP contribution in [0.15, 0.2) is 207 Å². The molecule has 10 aromatic rings. The quantitative estimate of drug-likeness (QED) is 0.167. The Balaban J connectivity index is 1.30. The highest BCUT2D eigenvalue weighted by Crippen LogP contribution is 2.50. The second-order valence-corrected chi connectivity index (χ2v) is 13.4. The van der Waals surface area contributed by atoms with E-state index in [-0.39, 0.29) is 0 Å². The van der Waals surface area contributed by atoms with Crippen LogP contribution in [0, 0.1) is 0 Å². The number of hydrogen-bond donors (Lipinski definition) is 0. The molecule has 0 amide bonds. The molecule has 0 unspecified atom stereocenters. The van der Waals surface area contributed by atoms with Gasteiger partial charge in [0.05, 0.1) is 46.2 Å². The molecule has 4 nitrogen and oxygen atoms in total. The highest BCUT2D eigenvalue weighted by atomic mass is 15.0. The van der Waals surface area contributed by atoms with Gasteiger partial charge in [-0.15, -0.1) is 0 Å². The molecule has 0 aliphatic heterocycles. The van der Waals surface area contributed by atoms with Gasteiger partial charge in [0.15, 0.2) is 0 Å². The molecule has 10 rings (SSSR count). The van der Waals surface area contributed by atoms with Gasteiger partial charge in [-0.05, 0) is 47.5 Å². The molecular weight excluding hydrogens is 657 g/mol. The Morgan fingerprint density at radius 1 is 0.333 bits per heavy atom. The molecule has 0 atom stereocenters. The number of para-hydroxylation sites is 3. The fourth-order valence-corrected chi connectivity index (χ4v) is 7.90. The number of nitrogens with zero attached hydrogens (tertiary/aromatic N) is 4. The molecule has 0 aliphatic carbocycles. The van der Waals surface area contributed by atoms with E-state index in [1.165, 1.54) is 21.9 Å². The van der Waals surface area contributed by atoms with Gasteiger partial charge in [0.2, 0.25) is 0 Å². The minimum absolute atomic E-state index is 0.827. The lowest BCUT2D eigenvalue weighted by molar-refractivity contribution is 1.13. The van der Waals surface area contributed by atoms with Crippen LogP contribution in [0.25, 0.3) is 89.3 Å². The van der Waals surface area contributed by atoms with Crippen LogP contribution in [0.2, 0.25) is 0 Å². The largest absolute Gasteiger partial charge is 0.309 e. The summed E-state index contributed by atoms with van der Waals surface area (Å²) in [7, 11) is 0. The third-order valence-corrected chi connectivity index (χ3v) is 10.2. The van der Waals surface area contributed by atoms with Crippen LogP contribution in [0.1, 0.15) is 0 Å². The van der Waals surface area contributed by atoms with Crippen LogP contribution in [-0.4, -0.2) is 19.1 Å². The Morgan fingerprint density at radius 3 is 1.30 bits per heavy atom. The van der Waals surface area contributed by atoms with E-state index in [1.54, 1.807) is 0 Å². The summed E-state index contributed by atoms with van der Waals surface area (Å²) < 4.78 is 4.86. The molecule has 7 aromatic carbocycles. The van der Waals surface area contributed by atoms with Crippen LogP contribution in [0.3, 0.4) is 0 Å². The van der Waals surface area contributed by atoms with Crippen molar-refractivity contribution in [2.45, 2.75) is 0 Å². The van der Waals surface area contributed by atoms with Gasteiger partial charge in [-0.1, -0.05) is 158 Å². The lowest BCUT2D eigenvalue weighted by Gasteiger charge is -2.16.